The normalized spacial score (nSPS) is 29.9. The summed E-state index contributed by atoms with van der Waals surface area (Å²) in [5, 5.41) is 0. The minimum absolute atomic E-state index is 0.0194. The molecule has 24 heavy (non-hydrogen) atoms. The fourth-order valence-corrected chi connectivity index (χ4v) is 5.11. The average Bonchev–Trinajstić information content (AvgIpc) is 2.54. The molecule has 2 atom stereocenters. The molecule has 2 fully saturated rings. The molecule has 1 aromatic rings. The molecule has 1 aliphatic heterocycles. The Morgan fingerprint density at radius 2 is 2.08 bits per heavy atom. The number of hydrogen-bond acceptors (Lipinski definition) is 3. The number of hydrogen-bond donors (Lipinski definition) is 1. The van der Waals surface area contributed by atoms with Gasteiger partial charge in [-0.15, -0.1) is 0 Å². The molecule has 130 valence electrons. The Morgan fingerprint density at radius 1 is 1.33 bits per heavy atom. The van der Waals surface area contributed by atoms with E-state index in [4.69, 9.17) is 0 Å². The highest BCUT2D eigenvalue weighted by atomic mass is 16.1. The highest BCUT2D eigenvalue weighted by Gasteiger charge is 2.51. The molecule has 1 saturated carbocycles. The van der Waals surface area contributed by atoms with Crippen LogP contribution >= 0.6 is 0 Å². The van der Waals surface area contributed by atoms with Crippen molar-refractivity contribution in [3.63, 3.8) is 0 Å². The number of nitrogens with zero attached hydrogens (tertiary/aromatic N) is 2. The number of aromatic amines is 1. The van der Waals surface area contributed by atoms with E-state index in [-0.39, 0.29) is 5.56 Å². The van der Waals surface area contributed by atoms with Gasteiger partial charge in [-0.25, -0.2) is 4.98 Å². The number of aromatic nitrogens is 2. The molecule has 4 nitrogen and oxygen atoms in total. The highest BCUT2D eigenvalue weighted by molar-refractivity contribution is 5.24. The fraction of sp³-hybridized carbons (Fsp3) is 0.700. The van der Waals surface area contributed by atoms with Crippen molar-refractivity contribution in [2.45, 2.75) is 52.4 Å². The van der Waals surface area contributed by atoms with E-state index in [0.717, 1.165) is 55.8 Å². The van der Waals surface area contributed by atoms with E-state index in [1.807, 2.05) is 6.92 Å². The van der Waals surface area contributed by atoms with Crippen molar-refractivity contribution in [3.8, 4) is 0 Å². The third-order valence-corrected chi connectivity index (χ3v) is 6.87. The van der Waals surface area contributed by atoms with Crippen LogP contribution in [-0.2, 0) is 0 Å². The van der Waals surface area contributed by atoms with Crippen molar-refractivity contribution >= 4 is 0 Å². The second kappa shape index (κ2) is 5.83. The Kier molecular flexibility index (Phi) is 3.91. The second-order valence-corrected chi connectivity index (χ2v) is 8.63. The van der Waals surface area contributed by atoms with Gasteiger partial charge in [-0.3, -0.25) is 9.69 Å². The van der Waals surface area contributed by atoms with Gasteiger partial charge >= 0.3 is 0 Å². The lowest BCUT2D eigenvalue weighted by Gasteiger charge is -2.57. The largest absolute Gasteiger partial charge is 0.311 e. The number of rotatable bonds is 3. The molecule has 0 amide bonds. The van der Waals surface area contributed by atoms with Gasteiger partial charge in [-0.05, 0) is 62.9 Å². The zero-order chi connectivity index (χ0) is 16.9. The number of aryl methyl sites for hydroxylation is 1. The van der Waals surface area contributed by atoms with Crippen LogP contribution in [-0.4, -0.2) is 34.5 Å². The van der Waals surface area contributed by atoms with Gasteiger partial charge in [0.05, 0.1) is 5.69 Å². The molecular weight excluding hydrogens is 298 g/mol. The van der Waals surface area contributed by atoms with Gasteiger partial charge in [0.25, 0.3) is 5.56 Å². The van der Waals surface area contributed by atoms with Gasteiger partial charge in [-0.1, -0.05) is 25.5 Å². The number of likely N-dealkylation sites (tertiary alicyclic amines) is 1. The third-order valence-electron chi connectivity index (χ3n) is 6.87. The summed E-state index contributed by atoms with van der Waals surface area (Å²) >= 11 is 0. The fourth-order valence-electron chi connectivity index (χ4n) is 5.11. The summed E-state index contributed by atoms with van der Waals surface area (Å²) in [4.78, 5) is 21.6. The van der Waals surface area contributed by atoms with Crippen LogP contribution in [0.15, 0.2) is 22.5 Å². The average molecular weight is 327 g/mol. The maximum Gasteiger partial charge on any atom is 0.251 e. The van der Waals surface area contributed by atoms with E-state index in [0.29, 0.717) is 11.3 Å². The van der Waals surface area contributed by atoms with Crippen LogP contribution < -0.4 is 5.56 Å². The number of fused-ring (bicyclic) bond motifs is 1. The zero-order valence-electron chi connectivity index (χ0n) is 15.1. The first-order valence-electron chi connectivity index (χ1n) is 9.42. The van der Waals surface area contributed by atoms with Crippen molar-refractivity contribution in [2.75, 3.05) is 19.6 Å². The lowest BCUT2D eigenvalue weighted by molar-refractivity contribution is -0.0112. The van der Waals surface area contributed by atoms with Crippen LogP contribution in [0.4, 0.5) is 0 Å². The van der Waals surface area contributed by atoms with E-state index >= 15 is 0 Å². The molecular formula is C20H29N3O. The van der Waals surface area contributed by atoms with Crippen LogP contribution in [0.25, 0.3) is 0 Å². The molecule has 4 aliphatic rings. The molecule has 0 spiro atoms. The van der Waals surface area contributed by atoms with Crippen LogP contribution in [0.1, 0.15) is 57.0 Å². The Balaban J connectivity index is 1.37. The lowest BCUT2D eigenvalue weighted by Crippen LogP contribution is -2.50. The molecule has 1 saturated heterocycles. The number of nitrogens with one attached hydrogen (secondary N) is 1. The standard InChI is InChI=1S/C20H29N3O/c1-13-21-18(11-19(24)22-13)14-6-8-23(9-7-14)12-15-4-5-16-10-17(15)20(16,2)3/h4,11,14,16-17H,5-10,12H2,1-3H3,(H,21,22,24)/t16-,17-/m0/s1. The quantitative estimate of drug-likeness (QED) is 0.867. The summed E-state index contributed by atoms with van der Waals surface area (Å²) in [7, 11) is 0. The first-order valence-corrected chi connectivity index (χ1v) is 9.42. The van der Waals surface area contributed by atoms with Crippen molar-refractivity contribution in [1.82, 2.24) is 14.9 Å². The first kappa shape index (κ1) is 16.1. The first-order chi connectivity index (χ1) is 11.4. The molecule has 3 aliphatic carbocycles. The van der Waals surface area contributed by atoms with Gasteiger partial charge in [0.15, 0.2) is 0 Å². The number of allylic oxidation sites excluding steroid dienone is 1. The van der Waals surface area contributed by atoms with Gasteiger partial charge in [0, 0.05) is 18.5 Å². The Bertz CT molecular complexity index is 710. The van der Waals surface area contributed by atoms with Gasteiger partial charge in [0.1, 0.15) is 5.82 Å². The van der Waals surface area contributed by atoms with E-state index in [9.17, 15) is 4.79 Å². The third kappa shape index (κ3) is 2.75. The molecule has 0 aromatic carbocycles. The topological polar surface area (TPSA) is 49.0 Å². The molecule has 0 radical (unpaired) electrons. The van der Waals surface area contributed by atoms with Gasteiger partial charge in [-0.2, -0.15) is 0 Å². The van der Waals surface area contributed by atoms with Crippen molar-refractivity contribution in [3.05, 3.63) is 39.6 Å². The summed E-state index contributed by atoms with van der Waals surface area (Å²) in [6.45, 7) is 10.1. The molecule has 2 bridgehead atoms. The molecule has 4 heteroatoms. The summed E-state index contributed by atoms with van der Waals surface area (Å²) in [6.07, 6.45) is 7.44. The van der Waals surface area contributed by atoms with Crippen LogP contribution in [0.5, 0.6) is 0 Å². The Labute approximate surface area is 144 Å². The predicted molar refractivity (Wildman–Crippen MR) is 96.1 cm³/mol. The van der Waals surface area contributed by atoms with Crippen molar-refractivity contribution in [2.24, 2.45) is 17.3 Å². The molecule has 0 unspecified atom stereocenters. The summed E-state index contributed by atoms with van der Waals surface area (Å²) in [6, 6.07) is 1.69. The van der Waals surface area contributed by atoms with Gasteiger partial charge < -0.3 is 4.98 Å². The van der Waals surface area contributed by atoms with E-state index in [2.05, 4.69) is 34.8 Å². The summed E-state index contributed by atoms with van der Waals surface area (Å²) in [5.74, 6) is 2.90. The predicted octanol–water partition coefficient (Wildman–Crippen LogP) is 3.25. The Hall–Kier alpha value is -1.42. The molecule has 1 aromatic heterocycles. The number of H-pyrrole nitrogens is 1. The zero-order valence-corrected chi connectivity index (χ0v) is 15.1. The Morgan fingerprint density at radius 3 is 2.71 bits per heavy atom. The SMILES string of the molecule is Cc1nc(C2CCN(CC3=CC[C@H]4C[C@@H]3C4(C)C)CC2)cc(=O)[nH]1. The highest BCUT2D eigenvalue weighted by Crippen LogP contribution is 2.59. The van der Waals surface area contributed by atoms with Crippen LogP contribution in [0, 0.1) is 24.2 Å². The molecule has 5 rings (SSSR count). The van der Waals surface area contributed by atoms with Crippen molar-refractivity contribution < 1.29 is 0 Å². The molecule has 2 heterocycles. The monoisotopic (exact) mass is 327 g/mol. The summed E-state index contributed by atoms with van der Waals surface area (Å²) < 4.78 is 0. The maximum absolute atomic E-state index is 11.7. The lowest BCUT2D eigenvalue weighted by atomic mass is 9.49. The van der Waals surface area contributed by atoms with Crippen molar-refractivity contribution in [1.29, 1.82) is 0 Å². The van der Waals surface area contributed by atoms with Gasteiger partial charge in [0.2, 0.25) is 0 Å². The second-order valence-electron chi connectivity index (χ2n) is 8.63. The smallest absolute Gasteiger partial charge is 0.251 e. The van der Waals surface area contributed by atoms with E-state index in [1.165, 1.54) is 12.8 Å². The van der Waals surface area contributed by atoms with E-state index < -0.39 is 0 Å². The minimum atomic E-state index is -0.0194. The maximum atomic E-state index is 11.7. The van der Waals surface area contributed by atoms with Crippen LogP contribution in [0.3, 0.4) is 0 Å². The molecule has 1 N–H and O–H groups in total. The minimum Gasteiger partial charge on any atom is -0.311 e. The summed E-state index contributed by atoms with van der Waals surface area (Å²) in [5.41, 5.74) is 3.17. The van der Waals surface area contributed by atoms with Crippen LogP contribution in [0.2, 0.25) is 0 Å². The number of piperidine rings is 1. The van der Waals surface area contributed by atoms with E-state index in [1.54, 1.807) is 11.6 Å².